The molecule has 0 spiro atoms. The highest BCUT2D eigenvalue weighted by Gasteiger charge is 2.52. The molecular formula is C13H18BFO3S. The molecular weight excluding hydrogens is 266 g/mol. The van der Waals surface area contributed by atoms with Crippen LogP contribution < -0.4 is 5.46 Å². The molecule has 3 nitrogen and oxygen atoms in total. The molecule has 1 unspecified atom stereocenters. The molecule has 0 saturated carbocycles. The van der Waals surface area contributed by atoms with E-state index in [1.54, 1.807) is 6.07 Å². The minimum absolute atomic E-state index is 0.412. The molecule has 6 heteroatoms. The normalized spacial score (nSPS) is 22.5. The first-order chi connectivity index (χ1) is 8.64. The lowest BCUT2D eigenvalue weighted by atomic mass is 9.79. The molecule has 1 atom stereocenters. The average molecular weight is 284 g/mol. The van der Waals surface area contributed by atoms with Gasteiger partial charge in [0, 0.05) is 22.0 Å². The molecule has 1 aliphatic rings. The van der Waals surface area contributed by atoms with Crippen molar-refractivity contribution in [2.24, 2.45) is 0 Å². The fourth-order valence-electron chi connectivity index (χ4n) is 1.92. The third kappa shape index (κ3) is 2.62. The summed E-state index contributed by atoms with van der Waals surface area (Å²) in [6, 6.07) is 4.18. The molecule has 0 N–H and O–H groups in total. The molecule has 0 aliphatic carbocycles. The van der Waals surface area contributed by atoms with Crippen LogP contribution in [0.15, 0.2) is 23.1 Å². The van der Waals surface area contributed by atoms with Gasteiger partial charge < -0.3 is 9.31 Å². The zero-order chi connectivity index (χ0) is 14.4. The maximum absolute atomic E-state index is 13.3. The summed E-state index contributed by atoms with van der Waals surface area (Å²) in [6.07, 6.45) is 1.52. The molecule has 1 heterocycles. The Labute approximate surface area is 116 Å². The molecule has 0 aromatic heterocycles. The highest BCUT2D eigenvalue weighted by molar-refractivity contribution is 7.84. The van der Waals surface area contributed by atoms with Crippen LogP contribution in [0, 0.1) is 5.82 Å². The standard InChI is InChI=1S/C13H18BFO3S/c1-12(2)13(3,4)18-14(17-12)10-7-6-9(15)8-11(10)19(5)16/h6-8H,1-5H3. The molecule has 0 bridgehead atoms. The predicted octanol–water partition coefficient (Wildman–Crippen LogP) is 1.86. The smallest absolute Gasteiger partial charge is 0.399 e. The monoisotopic (exact) mass is 284 g/mol. The first-order valence-corrected chi connectivity index (χ1v) is 7.68. The van der Waals surface area contributed by atoms with Crippen LogP contribution in [-0.2, 0) is 20.1 Å². The minimum atomic E-state index is -1.30. The predicted molar refractivity (Wildman–Crippen MR) is 74.4 cm³/mol. The van der Waals surface area contributed by atoms with E-state index in [1.165, 1.54) is 18.4 Å². The third-order valence-corrected chi connectivity index (χ3v) is 4.77. The highest BCUT2D eigenvalue weighted by Crippen LogP contribution is 2.36. The molecule has 2 rings (SSSR count). The van der Waals surface area contributed by atoms with Gasteiger partial charge >= 0.3 is 7.12 Å². The molecule has 1 saturated heterocycles. The van der Waals surface area contributed by atoms with Crippen molar-refractivity contribution in [3.05, 3.63) is 24.0 Å². The van der Waals surface area contributed by atoms with E-state index in [0.717, 1.165) is 0 Å². The summed E-state index contributed by atoms with van der Waals surface area (Å²) in [4.78, 5) is 0.415. The number of hydrogen-bond acceptors (Lipinski definition) is 3. The van der Waals surface area contributed by atoms with E-state index in [4.69, 9.17) is 9.31 Å². The molecule has 1 aromatic rings. The molecule has 1 aliphatic heterocycles. The fraction of sp³-hybridized carbons (Fsp3) is 0.538. The zero-order valence-corrected chi connectivity index (χ0v) is 12.6. The summed E-state index contributed by atoms with van der Waals surface area (Å²) in [5.74, 6) is -0.412. The molecule has 0 radical (unpaired) electrons. The number of benzene rings is 1. The lowest BCUT2D eigenvalue weighted by Crippen LogP contribution is -2.41. The van der Waals surface area contributed by atoms with Gasteiger partial charge in [-0.05, 0) is 45.3 Å². The lowest BCUT2D eigenvalue weighted by molar-refractivity contribution is 0.00578. The summed E-state index contributed by atoms with van der Waals surface area (Å²) in [5, 5.41) is 0. The van der Waals surface area contributed by atoms with Crippen LogP contribution in [0.5, 0.6) is 0 Å². The third-order valence-electron chi connectivity index (χ3n) is 3.79. The van der Waals surface area contributed by atoms with Crippen molar-refractivity contribution in [1.82, 2.24) is 0 Å². The summed E-state index contributed by atoms with van der Waals surface area (Å²) < 4.78 is 36.8. The van der Waals surface area contributed by atoms with Gasteiger partial charge in [0.05, 0.1) is 11.2 Å². The molecule has 0 amide bonds. The van der Waals surface area contributed by atoms with Crippen molar-refractivity contribution in [1.29, 1.82) is 0 Å². The topological polar surface area (TPSA) is 35.5 Å². The average Bonchev–Trinajstić information content (AvgIpc) is 2.47. The van der Waals surface area contributed by atoms with Crippen LogP contribution in [0.3, 0.4) is 0 Å². The van der Waals surface area contributed by atoms with Crippen molar-refractivity contribution in [3.8, 4) is 0 Å². The maximum Gasteiger partial charge on any atom is 0.496 e. The van der Waals surface area contributed by atoms with E-state index in [9.17, 15) is 8.60 Å². The molecule has 104 valence electrons. The van der Waals surface area contributed by atoms with Crippen LogP contribution in [0.1, 0.15) is 27.7 Å². The van der Waals surface area contributed by atoms with Crippen LogP contribution in [0.2, 0.25) is 0 Å². The molecule has 1 fully saturated rings. The summed E-state index contributed by atoms with van der Waals surface area (Å²) in [5.41, 5.74) is -0.321. The number of hydrogen-bond donors (Lipinski definition) is 0. The van der Waals surface area contributed by atoms with Crippen molar-refractivity contribution in [3.63, 3.8) is 0 Å². The van der Waals surface area contributed by atoms with E-state index in [2.05, 4.69) is 0 Å². The summed E-state index contributed by atoms with van der Waals surface area (Å²) >= 11 is 0. The van der Waals surface area contributed by atoms with Crippen molar-refractivity contribution >= 4 is 23.4 Å². The Morgan fingerprint density at radius 3 is 2.16 bits per heavy atom. The van der Waals surface area contributed by atoms with Gasteiger partial charge in [-0.2, -0.15) is 0 Å². The van der Waals surface area contributed by atoms with Gasteiger partial charge in [-0.1, -0.05) is 6.07 Å². The van der Waals surface area contributed by atoms with Gasteiger partial charge in [0.15, 0.2) is 0 Å². The van der Waals surface area contributed by atoms with Crippen LogP contribution in [-0.4, -0.2) is 28.8 Å². The minimum Gasteiger partial charge on any atom is -0.399 e. The first-order valence-electron chi connectivity index (χ1n) is 6.12. The van der Waals surface area contributed by atoms with Crippen LogP contribution >= 0.6 is 0 Å². The van der Waals surface area contributed by atoms with Crippen molar-refractivity contribution in [2.45, 2.75) is 43.8 Å². The van der Waals surface area contributed by atoms with Gasteiger partial charge in [0.1, 0.15) is 5.82 Å². The second-order valence-electron chi connectivity index (χ2n) is 5.72. The second kappa shape index (κ2) is 4.68. The molecule has 1 aromatic carbocycles. The Morgan fingerprint density at radius 1 is 1.16 bits per heavy atom. The quantitative estimate of drug-likeness (QED) is 0.778. The van der Waals surface area contributed by atoms with Crippen LogP contribution in [0.4, 0.5) is 4.39 Å². The van der Waals surface area contributed by atoms with E-state index < -0.39 is 34.9 Å². The van der Waals surface area contributed by atoms with E-state index in [1.807, 2.05) is 27.7 Å². The highest BCUT2D eigenvalue weighted by atomic mass is 32.2. The van der Waals surface area contributed by atoms with Crippen molar-refractivity contribution in [2.75, 3.05) is 6.26 Å². The zero-order valence-electron chi connectivity index (χ0n) is 11.8. The Bertz CT molecular complexity index is 515. The van der Waals surface area contributed by atoms with Gasteiger partial charge in [0.2, 0.25) is 0 Å². The summed E-state index contributed by atoms with van der Waals surface area (Å²) in [7, 11) is -1.92. The van der Waals surface area contributed by atoms with Crippen LogP contribution in [0.25, 0.3) is 0 Å². The van der Waals surface area contributed by atoms with Gasteiger partial charge in [0.25, 0.3) is 0 Å². The van der Waals surface area contributed by atoms with E-state index >= 15 is 0 Å². The summed E-state index contributed by atoms with van der Waals surface area (Å²) in [6.45, 7) is 7.77. The largest absolute Gasteiger partial charge is 0.496 e. The Hall–Kier alpha value is -0.715. The second-order valence-corrected chi connectivity index (χ2v) is 7.07. The number of rotatable bonds is 2. The molecule has 19 heavy (non-hydrogen) atoms. The Morgan fingerprint density at radius 2 is 1.68 bits per heavy atom. The lowest BCUT2D eigenvalue weighted by Gasteiger charge is -2.32. The Balaban J connectivity index is 2.42. The number of halogens is 1. The van der Waals surface area contributed by atoms with Gasteiger partial charge in [-0.3, -0.25) is 4.21 Å². The van der Waals surface area contributed by atoms with Gasteiger partial charge in [-0.25, -0.2) is 4.39 Å². The SMILES string of the molecule is CS(=O)c1cc(F)ccc1B1OC(C)(C)C(C)(C)O1. The first kappa shape index (κ1) is 14.7. The van der Waals surface area contributed by atoms with Crippen molar-refractivity contribution < 1.29 is 17.9 Å². The van der Waals surface area contributed by atoms with E-state index in [0.29, 0.717) is 10.4 Å². The fourth-order valence-corrected chi connectivity index (χ4v) is 2.70. The van der Waals surface area contributed by atoms with Gasteiger partial charge in [-0.15, -0.1) is 0 Å². The van der Waals surface area contributed by atoms with E-state index in [-0.39, 0.29) is 0 Å². The Kier molecular flexibility index (Phi) is 3.62. The maximum atomic E-state index is 13.3.